The van der Waals surface area contributed by atoms with E-state index in [1.807, 2.05) is 57.2 Å². The Labute approximate surface area is 214 Å². The van der Waals surface area contributed by atoms with Crippen LogP contribution in [0.3, 0.4) is 0 Å². The van der Waals surface area contributed by atoms with E-state index in [-0.39, 0.29) is 6.09 Å². The number of amides is 1. The molecule has 0 spiro atoms. The third-order valence-electron chi connectivity index (χ3n) is 6.62. The lowest BCUT2D eigenvalue weighted by Crippen LogP contribution is -2.39. The van der Waals surface area contributed by atoms with Gasteiger partial charge in [0.1, 0.15) is 18.1 Å². The van der Waals surface area contributed by atoms with Gasteiger partial charge in [-0.2, -0.15) is 0 Å². The number of rotatable bonds is 12. The van der Waals surface area contributed by atoms with E-state index in [0.717, 1.165) is 35.1 Å². The van der Waals surface area contributed by atoms with Gasteiger partial charge in [0.2, 0.25) is 0 Å². The van der Waals surface area contributed by atoms with Crippen molar-refractivity contribution in [3.05, 3.63) is 58.7 Å². The van der Waals surface area contributed by atoms with Crippen molar-refractivity contribution in [1.82, 2.24) is 4.90 Å². The molecule has 196 valence electrons. The Hall–Kier alpha value is -3.06. The standard InChI is InChI=1S/C29H39NO6/c1-5-34-26(28(31)32)18-23-10-12-25(13-11-23)35-15-14-30(19-24-8-6-7-9-24)29(33)36-27-21(3)16-20(2)17-22(27)4/h10-13,16-17,24,26H,5-9,14-15,18-19H2,1-4H3,(H,31,32). The van der Waals surface area contributed by atoms with Crippen LogP contribution in [0, 0.1) is 26.7 Å². The Morgan fingerprint density at radius 1 is 1.06 bits per heavy atom. The van der Waals surface area contributed by atoms with Crippen LogP contribution in [-0.4, -0.2) is 54.5 Å². The molecule has 0 aliphatic heterocycles. The Morgan fingerprint density at radius 3 is 2.28 bits per heavy atom. The van der Waals surface area contributed by atoms with Gasteiger partial charge in [-0.3, -0.25) is 0 Å². The minimum absolute atomic E-state index is 0.294. The summed E-state index contributed by atoms with van der Waals surface area (Å²) in [6, 6.07) is 11.4. The fraction of sp³-hybridized carbons (Fsp3) is 0.517. The topological polar surface area (TPSA) is 85.3 Å². The van der Waals surface area contributed by atoms with Crippen molar-refractivity contribution in [1.29, 1.82) is 0 Å². The highest BCUT2D eigenvalue weighted by Crippen LogP contribution is 2.28. The van der Waals surface area contributed by atoms with Crippen molar-refractivity contribution in [3.8, 4) is 11.5 Å². The van der Waals surface area contributed by atoms with Gasteiger partial charge in [-0.1, -0.05) is 42.7 Å². The number of carboxylic acids is 1. The lowest BCUT2D eigenvalue weighted by Gasteiger charge is -2.26. The highest BCUT2D eigenvalue weighted by Gasteiger charge is 2.24. The molecule has 7 heteroatoms. The number of ether oxygens (including phenoxy) is 3. The molecule has 1 unspecified atom stereocenters. The molecule has 0 aromatic heterocycles. The first kappa shape index (κ1) is 27.5. The predicted octanol–water partition coefficient (Wildman–Crippen LogP) is 5.71. The maximum atomic E-state index is 13.2. The summed E-state index contributed by atoms with van der Waals surface area (Å²) < 4.78 is 17.1. The fourth-order valence-corrected chi connectivity index (χ4v) is 4.87. The van der Waals surface area contributed by atoms with Gasteiger partial charge in [-0.25, -0.2) is 9.59 Å². The number of nitrogens with zero attached hydrogens (tertiary/aromatic N) is 1. The number of carbonyl (C=O) groups excluding carboxylic acids is 1. The lowest BCUT2D eigenvalue weighted by molar-refractivity contribution is -0.149. The molecule has 0 radical (unpaired) electrons. The third-order valence-corrected chi connectivity index (χ3v) is 6.62. The molecule has 1 N–H and O–H groups in total. The third kappa shape index (κ3) is 7.98. The minimum Gasteiger partial charge on any atom is -0.492 e. The minimum atomic E-state index is -0.970. The molecule has 1 saturated carbocycles. The second-order valence-electron chi connectivity index (χ2n) is 9.67. The Balaban J connectivity index is 1.59. The first-order valence-corrected chi connectivity index (χ1v) is 12.9. The highest BCUT2D eigenvalue weighted by molar-refractivity contribution is 5.73. The van der Waals surface area contributed by atoms with Gasteiger partial charge >= 0.3 is 12.1 Å². The first-order chi connectivity index (χ1) is 17.3. The van der Waals surface area contributed by atoms with Crippen molar-refractivity contribution in [2.24, 2.45) is 5.92 Å². The summed E-state index contributed by atoms with van der Waals surface area (Å²) in [4.78, 5) is 26.3. The van der Waals surface area contributed by atoms with Crippen molar-refractivity contribution in [3.63, 3.8) is 0 Å². The van der Waals surface area contributed by atoms with E-state index in [4.69, 9.17) is 14.2 Å². The summed E-state index contributed by atoms with van der Waals surface area (Å²) >= 11 is 0. The molecule has 3 rings (SSSR count). The van der Waals surface area contributed by atoms with E-state index in [0.29, 0.717) is 50.1 Å². The average molecular weight is 498 g/mol. The molecule has 1 atom stereocenters. The number of benzene rings is 2. The SMILES string of the molecule is CCOC(Cc1ccc(OCCN(CC2CCCC2)C(=O)Oc2c(C)cc(C)cc2C)cc1)C(=O)O. The second kappa shape index (κ2) is 13.3. The van der Waals surface area contributed by atoms with Crippen LogP contribution in [0.1, 0.15) is 54.9 Å². The number of carboxylic acid groups (broad SMARTS) is 1. The normalized spacial score (nSPS) is 14.4. The summed E-state index contributed by atoms with van der Waals surface area (Å²) in [5.74, 6) is 0.818. The Morgan fingerprint density at radius 2 is 1.69 bits per heavy atom. The molecule has 7 nitrogen and oxygen atoms in total. The smallest absolute Gasteiger partial charge is 0.415 e. The maximum Gasteiger partial charge on any atom is 0.415 e. The van der Waals surface area contributed by atoms with Crippen LogP contribution in [0.25, 0.3) is 0 Å². The van der Waals surface area contributed by atoms with Crippen LogP contribution < -0.4 is 9.47 Å². The van der Waals surface area contributed by atoms with E-state index in [2.05, 4.69) is 0 Å². The van der Waals surface area contributed by atoms with Crippen molar-refractivity contribution < 1.29 is 28.9 Å². The number of hydrogen-bond acceptors (Lipinski definition) is 5. The van der Waals surface area contributed by atoms with Gasteiger partial charge in [-0.15, -0.1) is 0 Å². The van der Waals surface area contributed by atoms with E-state index >= 15 is 0 Å². The van der Waals surface area contributed by atoms with Crippen molar-refractivity contribution in [2.75, 3.05) is 26.3 Å². The molecule has 36 heavy (non-hydrogen) atoms. The van der Waals surface area contributed by atoms with Crippen LogP contribution in [0.15, 0.2) is 36.4 Å². The molecule has 1 aliphatic carbocycles. The van der Waals surface area contributed by atoms with Gasteiger partial charge in [0.05, 0.1) is 6.54 Å². The number of carbonyl (C=O) groups is 2. The molecular weight excluding hydrogens is 458 g/mol. The fourth-order valence-electron chi connectivity index (χ4n) is 4.87. The van der Waals surface area contributed by atoms with Crippen LogP contribution in [-0.2, 0) is 16.0 Å². The molecule has 0 heterocycles. The first-order valence-electron chi connectivity index (χ1n) is 12.9. The molecule has 2 aromatic rings. The highest BCUT2D eigenvalue weighted by atomic mass is 16.6. The largest absolute Gasteiger partial charge is 0.492 e. The molecule has 1 amide bonds. The van der Waals surface area contributed by atoms with E-state index in [1.54, 1.807) is 11.8 Å². The van der Waals surface area contributed by atoms with E-state index in [1.165, 1.54) is 12.8 Å². The molecule has 0 saturated heterocycles. The maximum absolute atomic E-state index is 13.2. The van der Waals surface area contributed by atoms with Crippen molar-refractivity contribution in [2.45, 2.75) is 65.9 Å². The summed E-state index contributed by atoms with van der Waals surface area (Å²) in [6.45, 7) is 9.51. The quantitative estimate of drug-likeness (QED) is 0.404. The average Bonchev–Trinajstić information content (AvgIpc) is 3.34. The zero-order chi connectivity index (χ0) is 26.1. The van der Waals surface area contributed by atoms with Crippen molar-refractivity contribution >= 4 is 12.1 Å². The van der Waals surface area contributed by atoms with Gasteiger partial charge in [0, 0.05) is 19.6 Å². The number of hydrogen-bond donors (Lipinski definition) is 1. The van der Waals surface area contributed by atoms with E-state index in [9.17, 15) is 14.7 Å². The molecule has 1 fully saturated rings. The summed E-state index contributed by atoms with van der Waals surface area (Å²) in [6.07, 6.45) is 3.77. The Kier molecular flexibility index (Phi) is 10.2. The monoisotopic (exact) mass is 497 g/mol. The van der Waals surface area contributed by atoms with Gasteiger partial charge in [0.15, 0.2) is 6.10 Å². The van der Waals surface area contributed by atoms with Gasteiger partial charge < -0.3 is 24.2 Å². The zero-order valence-electron chi connectivity index (χ0n) is 21.9. The second-order valence-corrected chi connectivity index (χ2v) is 9.67. The molecular formula is C29H39NO6. The van der Waals surface area contributed by atoms with Crippen LogP contribution >= 0.6 is 0 Å². The lowest BCUT2D eigenvalue weighted by atomic mass is 10.1. The Bertz CT molecular complexity index is 990. The summed E-state index contributed by atoms with van der Waals surface area (Å²) in [7, 11) is 0. The zero-order valence-corrected chi connectivity index (χ0v) is 21.9. The van der Waals surface area contributed by atoms with Gasteiger partial charge in [-0.05, 0) is 75.3 Å². The van der Waals surface area contributed by atoms with E-state index < -0.39 is 12.1 Å². The molecule has 1 aliphatic rings. The number of aliphatic carboxylic acids is 1. The van der Waals surface area contributed by atoms with Gasteiger partial charge in [0.25, 0.3) is 0 Å². The summed E-state index contributed by atoms with van der Waals surface area (Å²) in [5.41, 5.74) is 3.90. The summed E-state index contributed by atoms with van der Waals surface area (Å²) in [5, 5.41) is 9.28. The molecule has 0 bridgehead atoms. The molecule has 2 aromatic carbocycles. The number of aryl methyl sites for hydroxylation is 3. The van der Waals surface area contributed by atoms with Crippen LogP contribution in [0.2, 0.25) is 0 Å². The van der Waals surface area contributed by atoms with Crippen LogP contribution in [0.5, 0.6) is 11.5 Å². The predicted molar refractivity (Wildman–Crippen MR) is 139 cm³/mol. The van der Waals surface area contributed by atoms with Crippen LogP contribution in [0.4, 0.5) is 4.79 Å².